The third-order valence-electron chi connectivity index (χ3n) is 4.16. The van der Waals surface area contributed by atoms with Crippen LogP contribution in [0, 0.1) is 0 Å². The summed E-state index contributed by atoms with van der Waals surface area (Å²) in [5, 5.41) is 0. The Balaban J connectivity index is 0.000000161. The maximum Gasteiger partial charge on any atom is 0.255 e. The fraction of sp³-hybridized carbons (Fsp3) is 0.211. The van der Waals surface area contributed by atoms with Crippen LogP contribution >= 0.6 is 0 Å². The lowest BCUT2D eigenvalue weighted by Crippen LogP contribution is -2.35. The van der Waals surface area contributed by atoms with Crippen LogP contribution in [0.25, 0.3) is 5.69 Å². The zero-order valence-electron chi connectivity index (χ0n) is 15.2. The second-order valence-electron chi connectivity index (χ2n) is 6.15. The Kier molecular flexibility index (Phi) is 5.95. The van der Waals surface area contributed by atoms with Crippen molar-refractivity contribution in [1.29, 1.82) is 0 Å². The van der Waals surface area contributed by atoms with E-state index in [1.165, 1.54) is 23.0 Å². The van der Waals surface area contributed by atoms with Crippen LogP contribution in [0.15, 0.2) is 59.9 Å². The minimum atomic E-state index is -0.124. The first kappa shape index (κ1) is 19.0. The highest BCUT2D eigenvalue weighted by molar-refractivity contribution is 5.93. The topological polar surface area (TPSA) is 133 Å². The van der Waals surface area contributed by atoms with Crippen LogP contribution in [0.2, 0.25) is 0 Å². The summed E-state index contributed by atoms with van der Waals surface area (Å²) < 4.78 is 1.44. The Morgan fingerprint density at radius 2 is 1.61 bits per heavy atom. The molecule has 28 heavy (non-hydrogen) atoms. The molecule has 0 atom stereocenters. The number of piperidine rings is 1. The summed E-state index contributed by atoms with van der Waals surface area (Å²) in [7, 11) is 0. The second kappa shape index (κ2) is 8.76. The zero-order valence-corrected chi connectivity index (χ0v) is 15.2. The molecule has 1 aliphatic rings. The highest BCUT2D eigenvalue weighted by Gasteiger charge is 2.19. The van der Waals surface area contributed by atoms with Gasteiger partial charge in [-0.15, -0.1) is 0 Å². The third-order valence-corrected chi connectivity index (χ3v) is 4.16. The van der Waals surface area contributed by atoms with E-state index in [-0.39, 0.29) is 17.4 Å². The Labute approximate surface area is 161 Å². The summed E-state index contributed by atoms with van der Waals surface area (Å²) >= 11 is 0. The van der Waals surface area contributed by atoms with Crippen LogP contribution in [-0.2, 0) is 4.79 Å². The van der Waals surface area contributed by atoms with Gasteiger partial charge in [0, 0.05) is 25.2 Å². The number of carbonyl (C=O) groups is 1. The number of nitrogens with zero attached hydrogens (tertiary/aromatic N) is 5. The first-order valence-electron chi connectivity index (χ1n) is 8.82. The molecular weight excluding hydrogens is 358 g/mol. The van der Waals surface area contributed by atoms with Gasteiger partial charge >= 0.3 is 0 Å². The molecule has 0 radical (unpaired) electrons. The smallest absolute Gasteiger partial charge is 0.255 e. The van der Waals surface area contributed by atoms with Crippen LogP contribution in [0.1, 0.15) is 19.3 Å². The van der Waals surface area contributed by atoms with Crippen molar-refractivity contribution in [3.05, 3.63) is 65.5 Å². The molecule has 4 rings (SSSR count). The molecule has 0 aromatic carbocycles. The van der Waals surface area contributed by atoms with Crippen LogP contribution in [-0.4, -0.2) is 32.0 Å². The number of nitrogens with two attached hydrogens (primary N) is 2. The maximum atomic E-state index is 11.5. The number of nitrogen functional groups attached to an aromatic ring is 2. The fourth-order valence-corrected chi connectivity index (χ4v) is 2.73. The van der Waals surface area contributed by atoms with Gasteiger partial charge < -0.3 is 16.4 Å². The lowest BCUT2D eigenvalue weighted by molar-refractivity contribution is -0.119. The van der Waals surface area contributed by atoms with Crippen molar-refractivity contribution in [3.63, 3.8) is 0 Å². The van der Waals surface area contributed by atoms with Gasteiger partial charge in [-0.2, -0.15) is 0 Å². The van der Waals surface area contributed by atoms with Gasteiger partial charge in [0.1, 0.15) is 5.82 Å². The van der Waals surface area contributed by atoms with E-state index in [9.17, 15) is 9.59 Å². The van der Waals surface area contributed by atoms with E-state index >= 15 is 0 Å². The van der Waals surface area contributed by atoms with Gasteiger partial charge in [-0.05, 0) is 31.0 Å². The molecule has 1 aliphatic heterocycles. The van der Waals surface area contributed by atoms with E-state index in [1.54, 1.807) is 35.5 Å². The average Bonchev–Trinajstić information content (AvgIpc) is 2.71. The Morgan fingerprint density at radius 1 is 0.857 bits per heavy atom. The van der Waals surface area contributed by atoms with Gasteiger partial charge in [-0.1, -0.05) is 6.07 Å². The fourth-order valence-electron chi connectivity index (χ4n) is 2.73. The first-order chi connectivity index (χ1) is 13.5. The molecular formula is C19H21N7O2. The summed E-state index contributed by atoms with van der Waals surface area (Å²) in [6, 6.07) is 8.47. The SMILES string of the molecule is Nc1ccc(N2CCCCC2=O)cn1.Nc1ncc(-n2ccccc2=O)cn1. The number of anilines is 3. The van der Waals surface area contributed by atoms with Gasteiger partial charge in [0.25, 0.3) is 5.56 Å². The quantitative estimate of drug-likeness (QED) is 0.687. The van der Waals surface area contributed by atoms with E-state index in [4.69, 9.17) is 11.5 Å². The van der Waals surface area contributed by atoms with Crippen molar-refractivity contribution in [1.82, 2.24) is 19.5 Å². The molecule has 1 fully saturated rings. The van der Waals surface area contributed by atoms with Crippen LogP contribution < -0.4 is 21.9 Å². The van der Waals surface area contributed by atoms with Crippen LogP contribution in [0.3, 0.4) is 0 Å². The molecule has 1 saturated heterocycles. The zero-order chi connectivity index (χ0) is 19.9. The van der Waals surface area contributed by atoms with E-state index < -0.39 is 0 Å². The first-order valence-corrected chi connectivity index (χ1v) is 8.82. The van der Waals surface area contributed by atoms with Crippen molar-refractivity contribution in [2.24, 2.45) is 0 Å². The molecule has 0 bridgehead atoms. The van der Waals surface area contributed by atoms with Crippen molar-refractivity contribution < 1.29 is 4.79 Å². The highest BCUT2D eigenvalue weighted by atomic mass is 16.2. The van der Waals surface area contributed by atoms with Gasteiger partial charge in [-0.25, -0.2) is 15.0 Å². The molecule has 1 amide bonds. The molecule has 0 aliphatic carbocycles. The number of pyridine rings is 2. The molecule has 144 valence electrons. The molecule has 4 N–H and O–H groups in total. The third kappa shape index (κ3) is 4.70. The van der Waals surface area contributed by atoms with Gasteiger partial charge in [0.15, 0.2) is 0 Å². The standard InChI is InChI=1S/C10H13N3O.C9H8N4O/c11-9-5-4-8(7-12-9)13-6-2-1-3-10(13)14;10-9-11-5-7(6-12-9)13-4-2-1-3-8(13)14/h4-5,7H,1-3,6H2,(H2,11,12);1-6H,(H2,10,11,12). The lowest BCUT2D eigenvalue weighted by Gasteiger charge is -2.26. The molecule has 3 aromatic rings. The molecule has 0 saturated carbocycles. The van der Waals surface area contributed by atoms with Crippen molar-refractivity contribution in [3.8, 4) is 5.69 Å². The number of carbonyl (C=O) groups excluding carboxylic acids is 1. The van der Waals surface area contributed by atoms with Crippen molar-refractivity contribution in [2.45, 2.75) is 19.3 Å². The Morgan fingerprint density at radius 3 is 2.25 bits per heavy atom. The van der Waals surface area contributed by atoms with Gasteiger partial charge in [0.05, 0.1) is 30.0 Å². The minimum absolute atomic E-state index is 0.124. The largest absolute Gasteiger partial charge is 0.384 e. The number of hydrogen-bond acceptors (Lipinski definition) is 7. The average molecular weight is 379 g/mol. The molecule has 0 spiro atoms. The number of rotatable bonds is 2. The Hall–Kier alpha value is -3.75. The summed E-state index contributed by atoms with van der Waals surface area (Å²) in [4.78, 5) is 36.3. The predicted octanol–water partition coefficient (Wildman–Crippen LogP) is 1.39. The van der Waals surface area contributed by atoms with E-state index in [0.717, 1.165) is 25.1 Å². The lowest BCUT2D eigenvalue weighted by atomic mass is 10.1. The highest BCUT2D eigenvalue weighted by Crippen LogP contribution is 2.20. The molecule has 0 unspecified atom stereocenters. The minimum Gasteiger partial charge on any atom is -0.384 e. The molecule has 4 heterocycles. The predicted molar refractivity (Wildman–Crippen MR) is 107 cm³/mol. The summed E-state index contributed by atoms with van der Waals surface area (Å²) in [6.07, 6.45) is 9.02. The molecule has 9 heteroatoms. The van der Waals surface area contributed by atoms with Crippen LogP contribution in [0.5, 0.6) is 0 Å². The van der Waals surface area contributed by atoms with Gasteiger partial charge in [0.2, 0.25) is 11.9 Å². The summed E-state index contributed by atoms with van der Waals surface area (Å²) in [5.41, 5.74) is 12.1. The van der Waals surface area contributed by atoms with E-state index in [1.807, 2.05) is 6.07 Å². The number of aromatic nitrogens is 4. The maximum absolute atomic E-state index is 11.5. The van der Waals surface area contributed by atoms with Crippen molar-refractivity contribution in [2.75, 3.05) is 22.9 Å². The van der Waals surface area contributed by atoms with E-state index in [2.05, 4.69) is 15.0 Å². The normalized spacial score (nSPS) is 13.6. The Bertz CT molecular complexity index is 984. The summed E-state index contributed by atoms with van der Waals surface area (Å²) in [5.74, 6) is 0.860. The summed E-state index contributed by atoms with van der Waals surface area (Å²) in [6.45, 7) is 0.796. The van der Waals surface area contributed by atoms with Crippen LogP contribution in [0.4, 0.5) is 17.5 Å². The second-order valence-corrected chi connectivity index (χ2v) is 6.15. The number of hydrogen-bond donors (Lipinski definition) is 2. The van der Waals surface area contributed by atoms with Gasteiger partial charge in [-0.3, -0.25) is 14.2 Å². The molecule has 9 nitrogen and oxygen atoms in total. The van der Waals surface area contributed by atoms with E-state index in [0.29, 0.717) is 17.9 Å². The number of amides is 1. The molecule has 3 aromatic heterocycles. The monoisotopic (exact) mass is 379 g/mol. The van der Waals surface area contributed by atoms with Crippen molar-refractivity contribution >= 4 is 23.4 Å².